The maximum absolute atomic E-state index is 13.5. The highest BCUT2D eigenvalue weighted by molar-refractivity contribution is 9.10. The highest BCUT2D eigenvalue weighted by Gasteiger charge is 2.22. The van der Waals surface area contributed by atoms with Crippen molar-refractivity contribution in [1.29, 1.82) is 0 Å². The van der Waals surface area contributed by atoms with E-state index >= 15 is 0 Å². The van der Waals surface area contributed by atoms with Crippen molar-refractivity contribution in [3.8, 4) is 11.3 Å². The Balaban J connectivity index is 1.51. The number of ether oxygens (including phenoxy) is 1. The molecule has 0 aliphatic carbocycles. The number of rotatable bonds is 9. The zero-order valence-corrected chi connectivity index (χ0v) is 22.4. The summed E-state index contributed by atoms with van der Waals surface area (Å²) in [5.74, 6) is -0.0883. The van der Waals surface area contributed by atoms with E-state index < -0.39 is 0 Å². The van der Waals surface area contributed by atoms with Gasteiger partial charge in [-0.15, -0.1) is 0 Å². The lowest BCUT2D eigenvalue weighted by atomic mass is 10.00. The van der Waals surface area contributed by atoms with E-state index in [1.165, 1.54) is 5.56 Å². The second-order valence-corrected chi connectivity index (χ2v) is 9.89. The number of methoxy groups -OCH3 is 1. The van der Waals surface area contributed by atoms with E-state index in [1.54, 1.807) is 19.1 Å². The number of fused-ring (bicyclic) bond motifs is 1. The third kappa shape index (κ3) is 5.50. The molecule has 0 atom stereocenters. The fourth-order valence-electron chi connectivity index (χ4n) is 4.40. The first kappa shape index (κ1) is 24.9. The maximum atomic E-state index is 13.5. The second kappa shape index (κ2) is 11.1. The zero-order valence-electron chi connectivity index (χ0n) is 20.8. The second-order valence-electron chi connectivity index (χ2n) is 8.97. The largest absolute Gasteiger partial charge is 0.383 e. The number of likely N-dealkylation sites (N-methyl/N-ethyl adjacent to an activating group) is 1. The van der Waals surface area contributed by atoms with E-state index in [9.17, 15) is 4.79 Å². The first-order valence-electron chi connectivity index (χ1n) is 12.1. The van der Waals surface area contributed by atoms with Gasteiger partial charge in [0.1, 0.15) is 5.69 Å². The van der Waals surface area contributed by atoms with Gasteiger partial charge in [0.15, 0.2) is 0 Å². The van der Waals surface area contributed by atoms with Gasteiger partial charge < -0.3 is 14.2 Å². The number of carbonyl (C=O) groups excluding carboxylic acids is 1. The minimum absolute atomic E-state index is 0.0883. The van der Waals surface area contributed by atoms with Gasteiger partial charge in [0.05, 0.1) is 36.9 Å². The Labute approximate surface area is 224 Å². The highest BCUT2D eigenvalue weighted by Crippen LogP contribution is 2.31. The summed E-state index contributed by atoms with van der Waals surface area (Å²) in [5.41, 5.74) is 4.35. The molecule has 0 aliphatic heterocycles. The molecule has 188 valence electrons. The molecule has 0 saturated heterocycles. The molecule has 37 heavy (non-hydrogen) atoms. The predicted molar refractivity (Wildman–Crippen MR) is 149 cm³/mol. The Morgan fingerprint density at radius 2 is 1.81 bits per heavy atom. The molecule has 0 bridgehead atoms. The standard InChI is InChI=1S/C29H28BrN5O2/c1-33(14-15-37-2)29(36)27-19-35(32-28(27)26-9-5-7-22-6-3-4-8-25(22)26)18-24-16-31-20-34(24)17-21-10-12-23(30)13-11-21/h3-13,16,19-20H,14-15,17-18H2,1-2H3. The van der Waals surface area contributed by atoms with Gasteiger partial charge in [-0.2, -0.15) is 5.10 Å². The first-order chi connectivity index (χ1) is 18.0. The smallest absolute Gasteiger partial charge is 0.257 e. The molecule has 7 nitrogen and oxygen atoms in total. The Morgan fingerprint density at radius 1 is 1.03 bits per heavy atom. The van der Waals surface area contributed by atoms with E-state index in [-0.39, 0.29) is 5.91 Å². The van der Waals surface area contributed by atoms with Crippen LogP contribution in [0.4, 0.5) is 0 Å². The Kier molecular flexibility index (Phi) is 7.48. The molecule has 2 heterocycles. The molecular formula is C29H28BrN5O2. The fraction of sp³-hybridized carbons (Fsp3) is 0.207. The van der Waals surface area contributed by atoms with Gasteiger partial charge in [-0.1, -0.05) is 70.5 Å². The van der Waals surface area contributed by atoms with Crippen LogP contribution >= 0.6 is 15.9 Å². The van der Waals surface area contributed by atoms with Gasteiger partial charge in [-0.3, -0.25) is 9.48 Å². The van der Waals surface area contributed by atoms with Crippen molar-refractivity contribution in [3.05, 3.63) is 107 Å². The highest BCUT2D eigenvalue weighted by atomic mass is 79.9. The van der Waals surface area contributed by atoms with Gasteiger partial charge in [0.2, 0.25) is 0 Å². The number of hydrogen-bond acceptors (Lipinski definition) is 4. The van der Waals surface area contributed by atoms with Crippen LogP contribution in [0.5, 0.6) is 0 Å². The quantitative estimate of drug-likeness (QED) is 0.241. The van der Waals surface area contributed by atoms with Gasteiger partial charge in [-0.25, -0.2) is 4.98 Å². The molecule has 8 heteroatoms. The predicted octanol–water partition coefficient (Wildman–Crippen LogP) is 5.48. The lowest BCUT2D eigenvalue weighted by molar-refractivity contribution is 0.0745. The van der Waals surface area contributed by atoms with Crippen LogP contribution in [-0.2, 0) is 17.8 Å². The van der Waals surface area contributed by atoms with Crippen molar-refractivity contribution in [1.82, 2.24) is 24.2 Å². The topological polar surface area (TPSA) is 65.2 Å². The summed E-state index contributed by atoms with van der Waals surface area (Å²) < 4.78 is 10.2. The van der Waals surface area contributed by atoms with Gasteiger partial charge in [0, 0.05) is 43.5 Å². The number of imidazole rings is 1. The molecule has 3 aromatic carbocycles. The fourth-order valence-corrected chi connectivity index (χ4v) is 4.66. The average Bonchev–Trinajstić information content (AvgIpc) is 3.54. The number of amides is 1. The number of hydrogen-bond donors (Lipinski definition) is 0. The van der Waals surface area contributed by atoms with Gasteiger partial charge >= 0.3 is 0 Å². The maximum Gasteiger partial charge on any atom is 0.257 e. The monoisotopic (exact) mass is 557 g/mol. The van der Waals surface area contributed by atoms with E-state index in [0.29, 0.717) is 37.5 Å². The number of nitrogens with zero attached hydrogens (tertiary/aromatic N) is 5. The van der Waals surface area contributed by atoms with Gasteiger partial charge in [-0.05, 0) is 28.5 Å². The van der Waals surface area contributed by atoms with E-state index in [1.807, 2.05) is 59.8 Å². The molecule has 0 N–H and O–H groups in total. The first-order valence-corrected chi connectivity index (χ1v) is 12.9. The minimum Gasteiger partial charge on any atom is -0.383 e. The van der Waals surface area contributed by atoms with E-state index in [0.717, 1.165) is 26.5 Å². The summed E-state index contributed by atoms with van der Waals surface area (Å²) in [4.78, 5) is 19.6. The Morgan fingerprint density at radius 3 is 2.62 bits per heavy atom. The molecule has 0 saturated carbocycles. The zero-order chi connectivity index (χ0) is 25.8. The number of halogens is 1. The van der Waals surface area contributed by atoms with Crippen molar-refractivity contribution in [2.75, 3.05) is 27.3 Å². The summed E-state index contributed by atoms with van der Waals surface area (Å²) in [6, 6.07) is 22.5. The third-order valence-corrected chi connectivity index (χ3v) is 6.93. The molecule has 5 rings (SSSR count). The van der Waals surface area contributed by atoms with Crippen LogP contribution in [0.25, 0.3) is 22.0 Å². The molecule has 0 radical (unpaired) electrons. The van der Waals surface area contributed by atoms with Crippen LogP contribution in [0.15, 0.2) is 89.9 Å². The molecule has 0 aliphatic rings. The summed E-state index contributed by atoms with van der Waals surface area (Å²) in [7, 11) is 3.42. The SMILES string of the molecule is COCCN(C)C(=O)c1cn(Cc2cncn2Cc2ccc(Br)cc2)nc1-c1cccc2ccccc12. The lowest BCUT2D eigenvalue weighted by Crippen LogP contribution is -2.30. The van der Waals surface area contributed by atoms with Crippen LogP contribution < -0.4 is 0 Å². The molecular weight excluding hydrogens is 530 g/mol. The average molecular weight is 558 g/mol. The number of carbonyl (C=O) groups is 1. The van der Waals surface area contributed by atoms with Crippen molar-refractivity contribution in [2.45, 2.75) is 13.1 Å². The molecule has 1 amide bonds. The Hall–Kier alpha value is -3.75. The normalized spacial score (nSPS) is 11.2. The summed E-state index contributed by atoms with van der Waals surface area (Å²) >= 11 is 3.49. The Bertz CT molecular complexity index is 1520. The van der Waals surface area contributed by atoms with Crippen molar-refractivity contribution < 1.29 is 9.53 Å². The van der Waals surface area contributed by atoms with Crippen LogP contribution in [0.3, 0.4) is 0 Å². The number of aromatic nitrogens is 4. The van der Waals surface area contributed by atoms with Gasteiger partial charge in [0.25, 0.3) is 5.91 Å². The molecule has 0 spiro atoms. The minimum atomic E-state index is -0.0883. The van der Waals surface area contributed by atoms with Crippen LogP contribution in [0.1, 0.15) is 21.6 Å². The lowest BCUT2D eigenvalue weighted by Gasteiger charge is -2.16. The summed E-state index contributed by atoms with van der Waals surface area (Å²) in [6.45, 7) is 2.15. The molecule has 2 aromatic heterocycles. The molecule has 0 unspecified atom stereocenters. The number of benzene rings is 3. The molecule has 0 fully saturated rings. The van der Waals surface area contributed by atoms with E-state index in [2.05, 4.69) is 55.8 Å². The van der Waals surface area contributed by atoms with Crippen LogP contribution in [0.2, 0.25) is 0 Å². The van der Waals surface area contributed by atoms with Crippen molar-refractivity contribution in [2.24, 2.45) is 0 Å². The molecule has 5 aromatic rings. The van der Waals surface area contributed by atoms with E-state index in [4.69, 9.17) is 9.84 Å². The van der Waals surface area contributed by atoms with Crippen LogP contribution in [-0.4, -0.2) is 57.4 Å². The summed E-state index contributed by atoms with van der Waals surface area (Å²) in [5, 5.41) is 7.10. The van der Waals surface area contributed by atoms with Crippen molar-refractivity contribution >= 4 is 32.6 Å². The third-order valence-electron chi connectivity index (χ3n) is 6.40. The van der Waals surface area contributed by atoms with Crippen LogP contribution in [0, 0.1) is 0 Å². The summed E-state index contributed by atoms with van der Waals surface area (Å²) in [6.07, 6.45) is 5.53. The van der Waals surface area contributed by atoms with Crippen molar-refractivity contribution in [3.63, 3.8) is 0 Å².